The van der Waals surface area contributed by atoms with E-state index in [0.717, 1.165) is 17.7 Å². The molecule has 138 valence electrons. The summed E-state index contributed by atoms with van der Waals surface area (Å²) in [5.41, 5.74) is 5.57. The summed E-state index contributed by atoms with van der Waals surface area (Å²) in [4.78, 5) is 12.5. The van der Waals surface area contributed by atoms with Gasteiger partial charge in [-0.05, 0) is 79.7 Å². The van der Waals surface area contributed by atoms with Gasteiger partial charge >= 0.3 is 0 Å². The Morgan fingerprint density at radius 3 is 2.23 bits per heavy atom. The van der Waals surface area contributed by atoms with Crippen molar-refractivity contribution in [3.05, 3.63) is 64.7 Å². The van der Waals surface area contributed by atoms with Crippen molar-refractivity contribution in [1.82, 2.24) is 5.32 Å². The van der Waals surface area contributed by atoms with Crippen molar-refractivity contribution < 1.29 is 4.79 Å². The molecular weight excluding hydrogens is 340 g/mol. The average Bonchev–Trinajstić information content (AvgIpc) is 2.57. The Morgan fingerprint density at radius 1 is 1.00 bits per heavy atom. The van der Waals surface area contributed by atoms with Crippen LogP contribution in [0.15, 0.2) is 42.5 Å². The smallest absolute Gasteiger partial charge is 0.233 e. The standard InChI is InChI=1S/C22H28N2OS/c1-14(2)12-18-7-9-19(10-8-18)17(5)21(25)24-22(26)23-20-11-6-15(3)16(4)13-20/h6-11,13-14,17H,12H2,1-5H3,(H2,23,24,25,26). The van der Waals surface area contributed by atoms with Crippen molar-refractivity contribution >= 4 is 28.9 Å². The van der Waals surface area contributed by atoms with E-state index in [9.17, 15) is 4.79 Å². The quantitative estimate of drug-likeness (QED) is 0.720. The van der Waals surface area contributed by atoms with Crippen LogP contribution in [-0.2, 0) is 11.2 Å². The molecule has 2 N–H and O–H groups in total. The molecule has 0 heterocycles. The Morgan fingerprint density at radius 2 is 1.65 bits per heavy atom. The summed E-state index contributed by atoms with van der Waals surface area (Å²) >= 11 is 5.28. The molecular formula is C22H28N2OS. The number of benzene rings is 2. The van der Waals surface area contributed by atoms with E-state index in [0.29, 0.717) is 11.0 Å². The maximum atomic E-state index is 12.5. The van der Waals surface area contributed by atoms with E-state index in [-0.39, 0.29) is 11.8 Å². The molecule has 2 rings (SSSR count). The molecule has 0 radical (unpaired) electrons. The fraction of sp³-hybridized carbons (Fsp3) is 0.364. The van der Waals surface area contributed by atoms with Crippen molar-refractivity contribution in [2.45, 2.75) is 47.0 Å². The number of hydrogen-bond donors (Lipinski definition) is 2. The molecule has 0 aliphatic heterocycles. The van der Waals surface area contributed by atoms with Crippen LogP contribution in [0.1, 0.15) is 48.9 Å². The minimum atomic E-state index is -0.261. The molecule has 0 aliphatic rings. The Balaban J connectivity index is 1.95. The van der Waals surface area contributed by atoms with Crippen molar-refractivity contribution in [3.63, 3.8) is 0 Å². The lowest BCUT2D eigenvalue weighted by atomic mass is 9.96. The molecule has 0 saturated carbocycles. The summed E-state index contributed by atoms with van der Waals surface area (Å²) in [5.74, 6) is 0.251. The maximum absolute atomic E-state index is 12.5. The zero-order valence-electron chi connectivity index (χ0n) is 16.2. The number of carbonyl (C=O) groups is 1. The summed E-state index contributed by atoms with van der Waals surface area (Å²) in [6, 6.07) is 14.3. The lowest BCUT2D eigenvalue weighted by Gasteiger charge is -2.15. The molecule has 0 aromatic heterocycles. The van der Waals surface area contributed by atoms with Crippen molar-refractivity contribution in [2.75, 3.05) is 5.32 Å². The molecule has 26 heavy (non-hydrogen) atoms. The first kappa shape index (κ1) is 20.1. The summed E-state index contributed by atoms with van der Waals surface area (Å²) in [5, 5.41) is 6.19. The van der Waals surface area contributed by atoms with Gasteiger partial charge in [0.05, 0.1) is 5.92 Å². The summed E-state index contributed by atoms with van der Waals surface area (Å²) < 4.78 is 0. The first-order valence-electron chi connectivity index (χ1n) is 9.04. The Hall–Kier alpha value is -2.20. The van der Waals surface area contributed by atoms with Gasteiger partial charge in [-0.1, -0.05) is 44.2 Å². The molecule has 0 saturated heterocycles. The van der Waals surface area contributed by atoms with E-state index in [1.807, 2.05) is 44.2 Å². The van der Waals surface area contributed by atoms with Gasteiger partial charge in [0.1, 0.15) is 0 Å². The van der Waals surface area contributed by atoms with Crippen LogP contribution in [-0.4, -0.2) is 11.0 Å². The summed E-state index contributed by atoms with van der Waals surface area (Å²) in [7, 11) is 0. The SMILES string of the molecule is Cc1ccc(NC(=S)NC(=O)C(C)c2ccc(CC(C)C)cc2)cc1C. The predicted octanol–water partition coefficient (Wildman–Crippen LogP) is 5.12. The number of thiocarbonyl (C=S) groups is 1. The highest BCUT2D eigenvalue weighted by Gasteiger charge is 2.16. The molecule has 3 nitrogen and oxygen atoms in total. The Labute approximate surface area is 162 Å². The lowest BCUT2D eigenvalue weighted by Crippen LogP contribution is -2.36. The van der Waals surface area contributed by atoms with Gasteiger partial charge in [0.15, 0.2) is 5.11 Å². The number of rotatable bonds is 5. The molecule has 1 unspecified atom stereocenters. The first-order chi connectivity index (χ1) is 12.3. The topological polar surface area (TPSA) is 41.1 Å². The average molecular weight is 369 g/mol. The van der Waals surface area contributed by atoms with E-state index in [2.05, 4.69) is 43.5 Å². The normalized spacial score (nSPS) is 11.9. The number of aryl methyl sites for hydroxylation is 2. The second-order valence-electron chi connectivity index (χ2n) is 7.30. The number of nitrogens with one attached hydrogen (secondary N) is 2. The van der Waals surface area contributed by atoms with Gasteiger partial charge in [-0.25, -0.2) is 0 Å². The van der Waals surface area contributed by atoms with E-state index in [1.165, 1.54) is 16.7 Å². The molecule has 1 atom stereocenters. The van der Waals surface area contributed by atoms with Crippen LogP contribution in [0.3, 0.4) is 0 Å². The Bertz CT molecular complexity index is 781. The third-order valence-electron chi connectivity index (χ3n) is 4.52. The van der Waals surface area contributed by atoms with Gasteiger partial charge < -0.3 is 10.6 Å². The van der Waals surface area contributed by atoms with Crippen molar-refractivity contribution in [3.8, 4) is 0 Å². The van der Waals surface area contributed by atoms with Crippen LogP contribution in [0.5, 0.6) is 0 Å². The van der Waals surface area contributed by atoms with E-state index in [4.69, 9.17) is 12.2 Å². The number of amides is 1. The molecule has 0 fully saturated rings. The summed E-state index contributed by atoms with van der Waals surface area (Å²) in [6.07, 6.45) is 1.05. The number of carbonyl (C=O) groups excluding carboxylic acids is 1. The van der Waals surface area contributed by atoms with Crippen molar-refractivity contribution in [2.24, 2.45) is 5.92 Å². The third-order valence-corrected chi connectivity index (χ3v) is 4.72. The van der Waals surface area contributed by atoms with Gasteiger partial charge in [-0.2, -0.15) is 0 Å². The maximum Gasteiger partial charge on any atom is 0.233 e. The zero-order valence-corrected chi connectivity index (χ0v) is 17.0. The van der Waals surface area contributed by atoms with Crippen molar-refractivity contribution in [1.29, 1.82) is 0 Å². The van der Waals surface area contributed by atoms with Crippen LogP contribution in [0.2, 0.25) is 0 Å². The second kappa shape index (κ2) is 8.95. The van der Waals surface area contributed by atoms with Crippen LogP contribution >= 0.6 is 12.2 Å². The number of anilines is 1. The molecule has 0 spiro atoms. The van der Waals surface area contributed by atoms with Crippen LogP contribution in [0.25, 0.3) is 0 Å². The molecule has 4 heteroatoms. The molecule has 2 aromatic carbocycles. The Kier molecular flexibility index (Phi) is 6.92. The fourth-order valence-electron chi connectivity index (χ4n) is 2.77. The third kappa shape index (κ3) is 5.67. The monoisotopic (exact) mass is 368 g/mol. The van der Waals surface area contributed by atoms with E-state index in [1.54, 1.807) is 0 Å². The molecule has 0 bridgehead atoms. The summed E-state index contributed by atoms with van der Waals surface area (Å²) in [6.45, 7) is 10.4. The van der Waals surface area contributed by atoms with Gasteiger partial charge in [0.2, 0.25) is 5.91 Å². The predicted molar refractivity (Wildman–Crippen MR) is 114 cm³/mol. The first-order valence-corrected chi connectivity index (χ1v) is 9.45. The lowest BCUT2D eigenvalue weighted by molar-refractivity contribution is -0.120. The van der Waals surface area contributed by atoms with Crippen LogP contribution < -0.4 is 10.6 Å². The highest BCUT2D eigenvalue weighted by molar-refractivity contribution is 7.80. The molecule has 0 aliphatic carbocycles. The highest BCUT2D eigenvalue weighted by atomic mass is 32.1. The van der Waals surface area contributed by atoms with Crippen LogP contribution in [0.4, 0.5) is 5.69 Å². The second-order valence-corrected chi connectivity index (χ2v) is 7.71. The zero-order chi connectivity index (χ0) is 19.3. The minimum absolute atomic E-state index is 0.108. The number of hydrogen-bond acceptors (Lipinski definition) is 2. The minimum Gasteiger partial charge on any atom is -0.332 e. The molecule has 2 aromatic rings. The van der Waals surface area contributed by atoms with E-state index >= 15 is 0 Å². The highest BCUT2D eigenvalue weighted by Crippen LogP contribution is 2.18. The largest absolute Gasteiger partial charge is 0.332 e. The molecule has 1 amide bonds. The van der Waals surface area contributed by atoms with Gasteiger partial charge in [0.25, 0.3) is 0 Å². The van der Waals surface area contributed by atoms with Crippen LogP contribution in [0, 0.1) is 19.8 Å². The van der Waals surface area contributed by atoms with E-state index < -0.39 is 0 Å². The fourth-order valence-corrected chi connectivity index (χ4v) is 2.99. The van der Waals surface area contributed by atoms with Gasteiger partial charge in [-0.3, -0.25) is 4.79 Å². The van der Waals surface area contributed by atoms with Gasteiger partial charge in [0, 0.05) is 5.69 Å². The van der Waals surface area contributed by atoms with Gasteiger partial charge in [-0.15, -0.1) is 0 Å².